The first-order valence-corrected chi connectivity index (χ1v) is 6.98. The maximum absolute atomic E-state index is 13.2. The Bertz CT molecular complexity index is 599. The van der Waals surface area contributed by atoms with Crippen LogP contribution in [0.25, 0.3) is 0 Å². The minimum atomic E-state index is -0.418. The van der Waals surface area contributed by atoms with Gasteiger partial charge in [-0.05, 0) is 34.5 Å². The second-order valence-electron chi connectivity index (χ2n) is 3.71. The van der Waals surface area contributed by atoms with E-state index in [2.05, 4.69) is 31.2 Å². The molecule has 0 aliphatic heterocycles. The standard InChI is InChI=1S/C12H9BrCl2FN3/c1-2-7-11(15)17-5-18-12(7)19-10-8(13)3-6(16)4-9(10)14/h3-5H,2H2,1H3,(H,17,18,19). The van der Waals surface area contributed by atoms with E-state index in [0.29, 0.717) is 27.6 Å². The van der Waals surface area contributed by atoms with E-state index in [4.69, 9.17) is 23.2 Å². The molecule has 2 aromatic rings. The molecule has 1 heterocycles. The van der Waals surface area contributed by atoms with Gasteiger partial charge in [-0.1, -0.05) is 30.1 Å². The minimum Gasteiger partial charge on any atom is -0.338 e. The van der Waals surface area contributed by atoms with Crippen LogP contribution in [0, 0.1) is 5.82 Å². The lowest BCUT2D eigenvalue weighted by molar-refractivity contribution is 0.627. The molecular weight excluding hydrogens is 356 g/mol. The molecule has 100 valence electrons. The van der Waals surface area contributed by atoms with Crippen molar-refractivity contribution < 1.29 is 4.39 Å². The molecule has 0 saturated heterocycles. The summed E-state index contributed by atoms with van der Waals surface area (Å²) < 4.78 is 13.7. The van der Waals surface area contributed by atoms with Gasteiger partial charge >= 0.3 is 0 Å². The maximum atomic E-state index is 13.2. The number of hydrogen-bond acceptors (Lipinski definition) is 3. The van der Waals surface area contributed by atoms with Gasteiger partial charge in [0.15, 0.2) is 0 Å². The van der Waals surface area contributed by atoms with E-state index < -0.39 is 5.82 Å². The van der Waals surface area contributed by atoms with Crippen molar-refractivity contribution in [1.82, 2.24) is 9.97 Å². The molecule has 0 saturated carbocycles. The number of nitrogens with zero attached hydrogens (tertiary/aromatic N) is 2. The second kappa shape index (κ2) is 6.03. The second-order valence-corrected chi connectivity index (χ2v) is 5.33. The van der Waals surface area contributed by atoms with E-state index in [1.165, 1.54) is 18.5 Å². The van der Waals surface area contributed by atoms with Gasteiger partial charge in [0.25, 0.3) is 0 Å². The van der Waals surface area contributed by atoms with Gasteiger partial charge in [-0.2, -0.15) is 0 Å². The number of rotatable bonds is 3. The van der Waals surface area contributed by atoms with Crippen molar-refractivity contribution in [2.45, 2.75) is 13.3 Å². The molecule has 0 bridgehead atoms. The van der Waals surface area contributed by atoms with E-state index in [0.717, 1.165) is 5.56 Å². The first-order valence-electron chi connectivity index (χ1n) is 5.43. The van der Waals surface area contributed by atoms with Crippen molar-refractivity contribution in [2.75, 3.05) is 5.32 Å². The van der Waals surface area contributed by atoms with Crippen LogP contribution in [0.2, 0.25) is 10.2 Å². The summed E-state index contributed by atoms with van der Waals surface area (Å²) >= 11 is 15.3. The van der Waals surface area contributed by atoms with Crippen molar-refractivity contribution in [3.8, 4) is 0 Å². The monoisotopic (exact) mass is 363 g/mol. The molecule has 0 fully saturated rings. The van der Waals surface area contributed by atoms with Crippen LogP contribution in [0.4, 0.5) is 15.9 Å². The Morgan fingerprint density at radius 2 is 2.05 bits per heavy atom. The summed E-state index contributed by atoms with van der Waals surface area (Å²) in [4.78, 5) is 8.05. The van der Waals surface area contributed by atoms with Crippen LogP contribution in [0.3, 0.4) is 0 Å². The van der Waals surface area contributed by atoms with Crippen LogP contribution in [0.15, 0.2) is 22.9 Å². The van der Waals surface area contributed by atoms with Gasteiger partial charge in [-0.25, -0.2) is 14.4 Å². The Labute approximate surface area is 128 Å². The highest BCUT2D eigenvalue weighted by molar-refractivity contribution is 9.10. The average molecular weight is 365 g/mol. The molecule has 1 aromatic heterocycles. The molecule has 2 rings (SSSR count). The largest absolute Gasteiger partial charge is 0.338 e. The molecular formula is C12H9BrCl2FN3. The van der Waals surface area contributed by atoms with Gasteiger partial charge < -0.3 is 5.32 Å². The smallest absolute Gasteiger partial charge is 0.138 e. The molecule has 0 atom stereocenters. The third-order valence-corrected chi connectivity index (χ3v) is 3.75. The molecule has 0 unspecified atom stereocenters. The van der Waals surface area contributed by atoms with E-state index in [9.17, 15) is 4.39 Å². The summed E-state index contributed by atoms with van der Waals surface area (Å²) in [7, 11) is 0. The topological polar surface area (TPSA) is 37.8 Å². The Morgan fingerprint density at radius 1 is 1.32 bits per heavy atom. The van der Waals surface area contributed by atoms with Gasteiger partial charge in [-0.3, -0.25) is 0 Å². The Balaban J connectivity index is 2.45. The molecule has 19 heavy (non-hydrogen) atoms. The summed E-state index contributed by atoms with van der Waals surface area (Å²) in [5.74, 6) is 0.135. The molecule has 0 aliphatic rings. The summed E-state index contributed by atoms with van der Waals surface area (Å²) in [6.07, 6.45) is 2.02. The molecule has 1 aromatic carbocycles. The van der Waals surface area contributed by atoms with Crippen molar-refractivity contribution in [3.05, 3.63) is 44.5 Å². The van der Waals surface area contributed by atoms with E-state index in [1.54, 1.807) is 0 Å². The van der Waals surface area contributed by atoms with Crippen LogP contribution < -0.4 is 5.32 Å². The fourth-order valence-electron chi connectivity index (χ4n) is 1.59. The van der Waals surface area contributed by atoms with Gasteiger partial charge in [0, 0.05) is 10.0 Å². The number of hydrogen-bond donors (Lipinski definition) is 1. The highest BCUT2D eigenvalue weighted by Gasteiger charge is 2.13. The summed E-state index contributed by atoms with van der Waals surface area (Å²) in [5.41, 5.74) is 1.31. The van der Waals surface area contributed by atoms with Crippen LogP contribution in [0.1, 0.15) is 12.5 Å². The van der Waals surface area contributed by atoms with Crippen molar-refractivity contribution in [2.24, 2.45) is 0 Å². The van der Waals surface area contributed by atoms with Crippen molar-refractivity contribution >= 4 is 50.6 Å². The Hall–Kier alpha value is -0.910. The van der Waals surface area contributed by atoms with Gasteiger partial charge in [-0.15, -0.1) is 0 Å². The zero-order chi connectivity index (χ0) is 14.0. The highest BCUT2D eigenvalue weighted by Crippen LogP contribution is 2.35. The maximum Gasteiger partial charge on any atom is 0.138 e. The third-order valence-electron chi connectivity index (χ3n) is 2.50. The average Bonchev–Trinajstić information content (AvgIpc) is 2.34. The molecule has 0 spiro atoms. The van der Waals surface area contributed by atoms with Crippen LogP contribution in [-0.2, 0) is 6.42 Å². The number of aromatic nitrogens is 2. The lowest BCUT2D eigenvalue weighted by Crippen LogP contribution is -2.02. The summed E-state index contributed by atoms with van der Waals surface area (Å²) in [5, 5.41) is 3.68. The molecule has 3 nitrogen and oxygen atoms in total. The van der Waals surface area contributed by atoms with Crippen molar-refractivity contribution in [3.63, 3.8) is 0 Å². The van der Waals surface area contributed by atoms with E-state index >= 15 is 0 Å². The molecule has 7 heteroatoms. The summed E-state index contributed by atoms with van der Waals surface area (Å²) in [6.45, 7) is 1.94. The highest BCUT2D eigenvalue weighted by atomic mass is 79.9. The van der Waals surface area contributed by atoms with Crippen LogP contribution in [0.5, 0.6) is 0 Å². The predicted octanol–water partition coefficient (Wildman–Crippen LogP) is 4.99. The van der Waals surface area contributed by atoms with Gasteiger partial charge in [0.2, 0.25) is 0 Å². The quantitative estimate of drug-likeness (QED) is 0.779. The first kappa shape index (κ1) is 14.5. The fourth-order valence-corrected chi connectivity index (χ4v) is 2.76. The third kappa shape index (κ3) is 3.16. The van der Waals surface area contributed by atoms with Crippen LogP contribution >= 0.6 is 39.1 Å². The number of anilines is 2. The molecule has 1 N–H and O–H groups in total. The molecule has 0 radical (unpaired) electrons. The normalized spacial score (nSPS) is 10.6. The zero-order valence-corrected chi connectivity index (χ0v) is 12.9. The molecule has 0 aliphatic carbocycles. The first-order chi connectivity index (χ1) is 9.02. The zero-order valence-electron chi connectivity index (χ0n) is 9.85. The molecule has 0 amide bonds. The van der Waals surface area contributed by atoms with E-state index in [1.807, 2.05) is 6.92 Å². The van der Waals surface area contributed by atoms with Crippen molar-refractivity contribution in [1.29, 1.82) is 0 Å². The number of nitrogens with one attached hydrogen (secondary N) is 1. The Kier molecular flexibility index (Phi) is 4.60. The number of benzene rings is 1. The lowest BCUT2D eigenvalue weighted by atomic mass is 10.2. The Morgan fingerprint density at radius 3 is 2.68 bits per heavy atom. The minimum absolute atomic E-state index is 0.253. The van der Waals surface area contributed by atoms with E-state index in [-0.39, 0.29) is 5.02 Å². The lowest BCUT2D eigenvalue weighted by Gasteiger charge is -2.13. The fraction of sp³-hybridized carbons (Fsp3) is 0.167. The predicted molar refractivity (Wildman–Crippen MR) is 78.8 cm³/mol. The number of halogens is 4. The van der Waals surface area contributed by atoms with Gasteiger partial charge in [0.05, 0.1) is 10.7 Å². The van der Waals surface area contributed by atoms with Crippen LogP contribution in [-0.4, -0.2) is 9.97 Å². The summed E-state index contributed by atoms with van der Waals surface area (Å²) in [6, 6.07) is 2.55. The van der Waals surface area contributed by atoms with Gasteiger partial charge in [0.1, 0.15) is 23.1 Å². The SMILES string of the molecule is CCc1c(Cl)ncnc1Nc1c(Cl)cc(F)cc1Br.